The molecule has 0 atom stereocenters. The van der Waals surface area contributed by atoms with Gasteiger partial charge in [0.05, 0.1) is 23.3 Å². The predicted octanol–water partition coefficient (Wildman–Crippen LogP) is 1.79. The Labute approximate surface area is 159 Å². The lowest BCUT2D eigenvalue weighted by Gasteiger charge is -2.31. The van der Waals surface area contributed by atoms with E-state index in [2.05, 4.69) is 10.2 Å². The molecule has 9 heteroatoms. The zero-order chi connectivity index (χ0) is 19.4. The maximum atomic E-state index is 12.7. The number of benzene rings is 1. The minimum atomic E-state index is -3.51. The van der Waals surface area contributed by atoms with Crippen molar-refractivity contribution in [1.29, 1.82) is 0 Å². The molecule has 146 valence electrons. The Balaban J connectivity index is 1.66. The Bertz CT molecular complexity index is 853. The van der Waals surface area contributed by atoms with Crippen molar-refractivity contribution < 1.29 is 13.2 Å². The average molecular weight is 391 g/mol. The van der Waals surface area contributed by atoms with Crippen LogP contribution in [0.1, 0.15) is 43.1 Å². The summed E-state index contributed by atoms with van der Waals surface area (Å²) < 4.78 is 26.5. The smallest absolute Gasteiger partial charge is 0.253 e. The Morgan fingerprint density at radius 2 is 1.63 bits per heavy atom. The van der Waals surface area contributed by atoms with Crippen molar-refractivity contribution in [2.75, 3.05) is 26.2 Å². The number of rotatable bonds is 6. The standard InChI is InChI=1S/C18H25N5O3S/c1-3-22(4-2)27(25,26)17-7-5-15(6-8-17)18(24)21-13-9-16(10-14-21)23-19-11-12-20-23/h5-8,11-12,16H,3-4,9-10,13-14H2,1-2H3. The minimum absolute atomic E-state index is 0.0753. The van der Waals surface area contributed by atoms with Crippen LogP contribution in [0.3, 0.4) is 0 Å². The van der Waals surface area contributed by atoms with Gasteiger partial charge >= 0.3 is 0 Å². The predicted molar refractivity (Wildman–Crippen MR) is 101 cm³/mol. The first-order valence-electron chi connectivity index (χ1n) is 9.22. The number of amides is 1. The summed E-state index contributed by atoms with van der Waals surface area (Å²) in [5.41, 5.74) is 0.504. The zero-order valence-corrected chi connectivity index (χ0v) is 16.5. The quantitative estimate of drug-likeness (QED) is 0.749. The molecular weight excluding hydrogens is 366 g/mol. The number of carbonyl (C=O) groups excluding carboxylic acids is 1. The summed E-state index contributed by atoms with van der Waals surface area (Å²) in [5.74, 6) is -0.0753. The molecule has 1 aromatic heterocycles. The molecule has 27 heavy (non-hydrogen) atoms. The molecule has 1 aromatic carbocycles. The Morgan fingerprint density at radius 1 is 1.07 bits per heavy atom. The molecular formula is C18H25N5O3S. The van der Waals surface area contributed by atoms with Crippen LogP contribution >= 0.6 is 0 Å². The second-order valence-corrected chi connectivity index (χ2v) is 8.42. The summed E-state index contributed by atoms with van der Waals surface area (Å²) >= 11 is 0. The van der Waals surface area contributed by atoms with Gasteiger partial charge in [-0.3, -0.25) is 4.79 Å². The van der Waals surface area contributed by atoms with E-state index in [0.717, 1.165) is 12.8 Å². The Kier molecular flexibility index (Phi) is 5.91. The molecule has 0 spiro atoms. The lowest BCUT2D eigenvalue weighted by atomic mass is 10.0. The van der Waals surface area contributed by atoms with Gasteiger partial charge in [0.1, 0.15) is 0 Å². The highest BCUT2D eigenvalue weighted by Crippen LogP contribution is 2.23. The molecule has 1 saturated heterocycles. The van der Waals surface area contributed by atoms with Crippen LogP contribution in [-0.2, 0) is 10.0 Å². The number of carbonyl (C=O) groups is 1. The highest BCUT2D eigenvalue weighted by atomic mass is 32.2. The first-order chi connectivity index (χ1) is 13.0. The zero-order valence-electron chi connectivity index (χ0n) is 15.7. The van der Waals surface area contributed by atoms with Gasteiger partial charge in [-0.2, -0.15) is 19.3 Å². The van der Waals surface area contributed by atoms with E-state index >= 15 is 0 Å². The van der Waals surface area contributed by atoms with E-state index < -0.39 is 10.0 Å². The molecule has 2 heterocycles. The summed E-state index contributed by atoms with van der Waals surface area (Å²) in [6, 6.07) is 6.44. The topological polar surface area (TPSA) is 88.4 Å². The van der Waals surface area contributed by atoms with Gasteiger partial charge in [0.15, 0.2) is 0 Å². The highest BCUT2D eigenvalue weighted by molar-refractivity contribution is 7.89. The van der Waals surface area contributed by atoms with Gasteiger partial charge in [0.2, 0.25) is 10.0 Å². The summed E-state index contributed by atoms with van der Waals surface area (Å²) in [5, 5.41) is 8.34. The van der Waals surface area contributed by atoms with Crippen LogP contribution in [0, 0.1) is 0 Å². The number of aromatic nitrogens is 3. The fraction of sp³-hybridized carbons (Fsp3) is 0.500. The van der Waals surface area contributed by atoms with Crippen LogP contribution in [0.5, 0.6) is 0 Å². The lowest BCUT2D eigenvalue weighted by molar-refractivity contribution is 0.0683. The molecule has 0 radical (unpaired) electrons. The van der Waals surface area contributed by atoms with Crippen molar-refractivity contribution in [3.05, 3.63) is 42.2 Å². The number of hydrogen-bond acceptors (Lipinski definition) is 5. The maximum absolute atomic E-state index is 12.7. The van der Waals surface area contributed by atoms with E-state index in [0.29, 0.717) is 31.7 Å². The molecule has 0 N–H and O–H groups in total. The van der Waals surface area contributed by atoms with E-state index in [1.165, 1.54) is 16.4 Å². The van der Waals surface area contributed by atoms with E-state index in [4.69, 9.17) is 0 Å². The van der Waals surface area contributed by atoms with Crippen LogP contribution < -0.4 is 0 Å². The Hall–Kier alpha value is -2.26. The number of piperidine rings is 1. The fourth-order valence-electron chi connectivity index (χ4n) is 3.38. The number of likely N-dealkylation sites (tertiary alicyclic amines) is 1. The normalized spacial score (nSPS) is 16.0. The summed E-state index contributed by atoms with van der Waals surface area (Å²) in [6.07, 6.45) is 4.92. The highest BCUT2D eigenvalue weighted by Gasteiger charge is 2.26. The van der Waals surface area contributed by atoms with Crippen molar-refractivity contribution in [1.82, 2.24) is 24.2 Å². The van der Waals surface area contributed by atoms with Gasteiger partial charge in [-0.25, -0.2) is 8.42 Å². The van der Waals surface area contributed by atoms with Gasteiger partial charge in [-0.1, -0.05) is 13.8 Å². The molecule has 2 aromatic rings. The van der Waals surface area contributed by atoms with Gasteiger partial charge < -0.3 is 4.90 Å². The fourth-order valence-corrected chi connectivity index (χ4v) is 4.84. The van der Waals surface area contributed by atoms with Crippen LogP contribution in [0.15, 0.2) is 41.6 Å². The third-order valence-electron chi connectivity index (χ3n) is 4.96. The van der Waals surface area contributed by atoms with Gasteiger partial charge in [-0.15, -0.1) is 0 Å². The van der Waals surface area contributed by atoms with Crippen LogP contribution in [0.4, 0.5) is 0 Å². The van der Waals surface area contributed by atoms with Crippen molar-refractivity contribution in [2.24, 2.45) is 0 Å². The SMILES string of the molecule is CCN(CC)S(=O)(=O)c1ccc(C(=O)N2CCC(n3nccn3)CC2)cc1. The third-order valence-corrected chi connectivity index (χ3v) is 7.02. The largest absolute Gasteiger partial charge is 0.338 e. The molecule has 3 rings (SSSR count). The van der Waals surface area contributed by atoms with Crippen LogP contribution in [-0.4, -0.2) is 64.7 Å². The first kappa shape index (κ1) is 19.5. The van der Waals surface area contributed by atoms with E-state index in [1.807, 2.05) is 0 Å². The van der Waals surface area contributed by atoms with Crippen molar-refractivity contribution in [3.63, 3.8) is 0 Å². The molecule has 1 aliphatic rings. The number of nitrogens with zero attached hydrogens (tertiary/aromatic N) is 5. The molecule has 0 aliphatic carbocycles. The molecule has 1 fully saturated rings. The molecule has 8 nitrogen and oxygen atoms in total. The van der Waals surface area contributed by atoms with Gasteiger partial charge in [0, 0.05) is 31.7 Å². The summed E-state index contributed by atoms with van der Waals surface area (Å²) in [4.78, 5) is 16.4. The number of sulfonamides is 1. The van der Waals surface area contributed by atoms with Gasteiger partial charge in [-0.05, 0) is 37.1 Å². The molecule has 0 bridgehead atoms. The second-order valence-electron chi connectivity index (χ2n) is 6.49. The molecule has 0 saturated carbocycles. The average Bonchev–Trinajstić information content (AvgIpc) is 3.23. The van der Waals surface area contributed by atoms with Crippen molar-refractivity contribution >= 4 is 15.9 Å². The Morgan fingerprint density at radius 3 is 2.15 bits per heavy atom. The van der Waals surface area contributed by atoms with Crippen LogP contribution in [0.25, 0.3) is 0 Å². The van der Waals surface area contributed by atoms with E-state index in [1.54, 1.807) is 48.1 Å². The summed E-state index contributed by atoms with van der Waals surface area (Å²) in [7, 11) is -3.51. The minimum Gasteiger partial charge on any atom is -0.338 e. The van der Waals surface area contributed by atoms with Gasteiger partial charge in [0.25, 0.3) is 5.91 Å². The van der Waals surface area contributed by atoms with E-state index in [-0.39, 0.29) is 16.8 Å². The van der Waals surface area contributed by atoms with Crippen LogP contribution in [0.2, 0.25) is 0 Å². The molecule has 1 aliphatic heterocycles. The monoisotopic (exact) mass is 391 g/mol. The molecule has 0 unspecified atom stereocenters. The maximum Gasteiger partial charge on any atom is 0.253 e. The lowest BCUT2D eigenvalue weighted by Crippen LogP contribution is -2.39. The first-order valence-corrected chi connectivity index (χ1v) is 10.7. The van der Waals surface area contributed by atoms with Crippen molar-refractivity contribution in [3.8, 4) is 0 Å². The number of hydrogen-bond donors (Lipinski definition) is 0. The van der Waals surface area contributed by atoms with Crippen molar-refractivity contribution in [2.45, 2.75) is 37.6 Å². The van der Waals surface area contributed by atoms with E-state index in [9.17, 15) is 13.2 Å². The third kappa shape index (κ3) is 4.03. The summed E-state index contributed by atoms with van der Waals surface area (Å²) in [6.45, 7) is 5.71. The molecule has 1 amide bonds. The second kappa shape index (κ2) is 8.18.